The zero-order valence-corrected chi connectivity index (χ0v) is 28.4. The van der Waals surface area contributed by atoms with Crippen LogP contribution in [-0.2, 0) is 57.0 Å². The van der Waals surface area contributed by atoms with E-state index in [4.69, 9.17) is 47.4 Å². The summed E-state index contributed by atoms with van der Waals surface area (Å²) in [5.74, 6) is -6.05. The van der Waals surface area contributed by atoms with E-state index >= 15 is 0 Å². The molecular weight excluding hydrogens is 576 g/mol. The predicted octanol–water partition coefficient (Wildman–Crippen LogP) is 4.78. The minimum atomic E-state index is -1.32. The molecule has 3 heterocycles. The van der Waals surface area contributed by atoms with Gasteiger partial charge in [-0.3, -0.25) is 0 Å². The standard InChI is InChI=1S/C32H56O12/c1-21-17-13-11-15-19-24-26(44-32(6,38-10)30(4,36-8)42-24)28(34)40-22(2)18-14-12-16-20-23-25(27(33)39-21)43-31(5,37-9)29(3,35-7)41-23/h21-26H,11-20H2,1-10H3/t21-,22-,23+,24+,25-,26-,29-,30-,31-,32-/m1/s1. The third-order valence-corrected chi connectivity index (χ3v) is 9.64. The topological polar surface area (TPSA) is 126 Å². The molecule has 0 aromatic heterocycles. The lowest BCUT2D eigenvalue weighted by Crippen LogP contribution is -2.66. The van der Waals surface area contributed by atoms with Crippen molar-refractivity contribution in [3.8, 4) is 0 Å². The molecule has 3 rings (SSSR count). The number of hydrogen-bond donors (Lipinski definition) is 0. The Labute approximate surface area is 262 Å². The van der Waals surface area contributed by atoms with Crippen LogP contribution in [0.5, 0.6) is 0 Å². The highest BCUT2D eigenvalue weighted by molar-refractivity contribution is 5.76. The van der Waals surface area contributed by atoms with Crippen molar-refractivity contribution in [2.24, 2.45) is 0 Å². The van der Waals surface area contributed by atoms with Gasteiger partial charge in [0.1, 0.15) is 0 Å². The summed E-state index contributed by atoms with van der Waals surface area (Å²) in [4.78, 5) is 26.8. The molecule has 0 radical (unpaired) electrons. The number of cyclic esters (lactones) is 2. The maximum atomic E-state index is 13.4. The van der Waals surface area contributed by atoms with Gasteiger partial charge in [-0.2, -0.15) is 0 Å². The highest BCUT2D eigenvalue weighted by Crippen LogP contribution is 2.42. The zero-order valence-electron chi connectivity index (χ0n) is 28.4. The number of fused-ring (bicyclic) bond motifs is 2. The van der Waals surface area contributed by atoms with Crippen LogP contribution in [0.15, 0.2) is 0 Å². The van der Waals surface area contributed by atoms with Crippen molar-refractivity contribution in [1.29, 1.82) is 0 Å². The summed E-state index contributed by atoms with van der Waals surface area (Å²) < 4.78 is 59.5. The lowest BCUT2D eigenvalue weighted by Gasteiger charge is -2.51. The summed E-state index contributed by atoms with van der Waals surface area (Å²) in [5.41, 5.74) is 0. The second kappa shape index (κ2) is 15.5. The van der Waals surface area contributed by atoms with Gasteiger partial charge in [-0.1, -0.05) is 25.7 Å². The summed E-state index contributed by atoms with van der Waals surface area (Å²) in [5, 5.41) is 0. The number of rotatable bonds is 4. The van der Waals surface area contributed by atoms with Crippen molar-refractivity contribution in [2.45, 2.75) is 166 Å². The molecule has 0 aromatic rings. The molecule has 44 heavy (non-hydrogen) atoms. The van der Waals surface area contributed by atoms with Crippen LogP contribution < -0.4 is 0 Å². The number of ether oxygens (including phenoxy) is 10. The lowest BCUT2D eigenvalue weighted by atomic mass is 9.98. The van der Waals surface area contributed by atoms with Gasteiger partial charge < -0.3 is 47.4 Å². The molecule has 256 valence electrons. The van der Waals surface area contributed by atoms with E-state index in [1.54, 1.807) is 27.7 Å². The van der Waals surface area contributed by atoms with Crippen molar-refractivity contribution in [1.82, 2.24) is 0 Å². The van der Waals surface area contributed by atoms with Crippen molar-refractivity contribution in [2.75, 3.05) is 28.4 Å². The number of hydrogen-bond acceptors (Lipinski definition) is 12. The van der Waals surface area contributed by atoms with Crippen molar-refractivity contribution in [3.63, 3.8) is 0 Å². The molecule has 0 aliphatic carbocycles. The van der Waals surface area contributed by atoms with E-state index in [0.717, 1.165) is 38.5 Å². The molecule has 0 saturated carbocycles. The summed E-state index contributed by atoms with van der Waals surface area (Å²) in [7, 11) is 6.03. The van der Waals surface area contributed by atoms with Crippen LogP contribution in [0.4, 0.5) is 0 Å². The molecule has 0 spiro atoms. The SMILES string of the molecule is CO[C@]1(C)O[C@H]2CCCCC[C@@H](C)OC(=O)[C@@H]3O[C@@](C)(OC)[C@](C)(OC)O[C@H]3CCCCC[C@@H](C)OC(=O)[C@@H]2O[C@@]1(C)OC. The molecule has 3 aliphatic rings. The molecule has 0 aromatic carbocycles. The smallest absolute Gasteiger partial charge is 0.338 e. The number of carbonyl (C=O) groups is 2. The predicted molar refractivity (Wildman–Crippen MR) is 158 cm³/mol. The van der Waals surface area contributed by atoms with Crippen molar-refractivity contribution >= 4 is 11.9 Å². The highest BCUT2D eigenvalue weighted by atomic mass is 16.8. The van der Waals surface area contributed by atoms with Crippen molar-refractivity contribution in [3.05, 3.63) is 0 Å². The van der Waals surface area contributed by atoms with Crippen LogP contribution in [0, 0.1) is 0 Å². The van der Waals surface area contributed by atoms with Gasteiger partial charge in [0.25, 0.3) is 0 Å². The minimum absolute atomic E-state index is 0.334. The normalized spacial score (nSPS) is 44.0. The second-order valence-corrected chi connectivity index (χ2v) is 12.8. The van der Waals surface area contributed by atoms with Crippen LogP contribution >= 0.6 is 0 Å². The van der Waals surface area contributed by atoms with E-state index < -0.39 is 59.5 Å². The van der Waals surface area contributed by atoms with Gasteiger partial charge in [-0.05, 0) is 80.1 Å². The summed E-state index contributed by atoms with van der Waals surface area (Å²) in [6, 6.07) is 0. The van der Waals surface area contributed by atoms with Gasteiger partial charge in [-0.25, -0.2) is 9.59 Å². The fourth-order valence-corrected chi connectivity index (χ4v) is 6.08. The third kappa shape index (κ3) is 8.12. The van der Waals surface area contributed by atoms with E-state index in [1.165, 1.54) is 28.4 Å². The highest BCUT2D eigenvalue weighted by Gasteiger charge is 2.59. The monoisotopic (exact) mass is 632 g/mol. The van der Waals surface area contributed by atoms with Crippen LogP contribution in [0.25, 0.3) is 0 Å². The van der Waals surface area contributed by atoms with Gasteiger partial charge in [-0.15, -0.1) is 0 Å². The van der Waals surface area contributed by atoms with Crippen LogP contribution in [0.1, 0.15) is 106 Å². The first-order valence-electron chi connectivity index (χ1n) is 16.0. The summed E-state index contributed by atoms with van der Waals surface area (Å²) in [6.45, 7) is 10.6. The Morgan fingerprint density at radius 3 is 1.11 bits per heavy atom. The molecule has 12 nitrogen and oxygen atoms in total. The minimum Gasteiger partial charge on any atom is -0.461 e. The fourth-order valence-electron chi connectivity index (χ4n) is 6.08. The maximum Gasteiger partial charge on any atom is 0.338 e. The Hall–Kier alpha value is -1.38. The number of methoxy groups -OCH3 is 4. The van der Waals surface area contributed by atoms with Gasteiger partial charge in [0.05, 0.1) is 24.4 Å². The van der Waals surface area contributed by atoms with Gasteiger partial charge in [0.15, 0.2) is 12.2 Å². The molecule has 3 fully saturated rings. The first-order valence-corrected chi connectivity index (χ1v) is 16.0. The largest absolute Gasteiger partial charge is 0.461 e. The molecule has 0 N–H and O–H groups in total. The molecule has 0 bridgehead atoms. The van der Waals surface area contributed by atoms with E-state index in [1.807, 2.05) is 13.8 Å². The van der Waals surface area contributed by atoms with E-state index in [2.05, 4.69) is 0 Å². The number of carbonyl (C=O) groups excluding carboxylic acids is 2. The van der Waals surface area contributed by atoms with Crippen LogP contribution in [0.2, 0.25) is 0 Å². The molecule has 3 aliphatic heterocycles. The quantitative estimate of drug-likeness (QED) is 0.396. The van der Waals surface area contributed by atoms with Crippen molar-refractivity contribution < 1.29 is 57.0 Å². The Kier molecular flexibility index (Phi) is 13.0. The van der Waals surface area contributed by atoms with Gasteiger partial charge in [0, 0.05) is 28.4 Å². The first kappa shape index (κ1) is 37.1. The van der Waals surface area contributed by atoms with E-state index in [-0.39, 0.29) is 12.2 Å². The molecule has 12 heteroatoms. The molecule has 0 unspecified atom stereocenters. The second-order valence-electron chi connectivity index (χ2n) is 12.8. The lowest BCUT2D eigenvalue weighted by molar-refractivity contribution is -0.444. The average molecular weight is 633 g/mol. The Morgan fingerprint density at radius 1 is 0.500 bits per heavy atom. The average Bonchev–Trinajstić information content (AvgIpc) is 2.99. The Morgan fingerprint density at radius 2 is 0.795 bits per heavy atom. The summed E-state index contributed by atoms with van der Waals surface area (Å²) in [6.07, 6.45) is 3.38. The molecular formula is C32H56O12. The molecule has 10 atom stereocenters. The van der Waals surface area contributed by atoms with Crippen LogP contribution in [0.3, 0.4) is 0 Å². The third-order valence-electron chi connectivity index (χ3n) is 9.64. The van der Waals surface area contributed by atoms with Gasteiger partial charge in [0.2, 0.25) is 23.1 Å². The van der Waals surface area contributed by atoms with Crippen LogP contribution in [-0.4, -0.2) is 100 Å². The maximum absolute atomic E-state index is 13.4. The first-order chi connectivity index (χ1) is 20.7. The zero-order chi connectivity index (χ0) is 32.8. The Bertz CT molecular complexity index is 874. The van der Waals surface area contributed by atoms with E-state index in [0.29, 0.717) is 25.7 Å². The molecule has 3 saturated heterocycles. The summed E-state index contributed by atoms with van der Waals surface area (Å²) >= 11 is 0. The van der Waals surface area contributed by atoms with Gasteiger partial charge >= 0.3 is 11.9 Å². The molecule has 0 amide bonds. The number of esters is 2. The Balaban J connectivity index is 1.76. The fraction of sp³-hybridized carbons (Fsp3) is 0.938. The van der Waals surface area contributed by atoms with E-state index in [9.17, 15) is 9.59 Å².